The van der Waals surface area contributed by atoms with Crippen LogP contribution in [0, 0.1) is 0 Å². The van der Waals surface area contributed by atoms with E-state index in [4.69, 9.17) is 4.74 Å². The molecule has 0 aromatic heterocycles. The maximum Gasteiger partial charge on any atom is 0.407 e. The Morgan fingerprint density at radius 2 is 1.59 bits per heavy atom. The minimum atomic E-state index is -0.482. The summed E-state index contributed by atoms with van der Waals surface area (Å²) < 4.78 is 5.31. The number of aliphatic imine (C=N–C) groups is 1. The van der Waals surface area contributed by atoms with Crippen LogP contribution in [0.2, 0.25) is 0 Å². The van der Waals surface area contributed by atoms with Crippen molar-refractivity contribution >= 4 is 41.9 Å². The maximum absolute atomic E-state index is 11.9. The smallest absolute Gasteiger partial charge is 0.407 e. The molecule has 158 valence electrons. The molecule has 0 aliphatic heterocycles. The first-order valence-electron chi connectivity index (χ1n) is 9.35. The SMILES string of the molecule is CCNC(=NCC(=O)N(C)C)NC1CCC(NC(=O)OC(C)(C)C)CC1.I. The molecule has 0 aromatic rings. The summed E-state index contributed by atoms with van der Waals surface area (Å²) in [5.74, 6) is 0.624. The number of rotatable bonds is 5. The zero-order valence-electron chi connectivity index (χ0n) is 17.4. The molecule has 27 heavy (non-hydrogen) atoms. The molecule has 0 saturated heterocycles. The van der Waals surface area contributed by atoms with E-state index in [2.05, 4.69) is 20.9 Å². The molecular weight excluding hydrogens is 461 g/mol. The third kappa shape index (κ3) is 11.2. The number of amides is 2. The highest BCUT2D eigenvalue weighted by Crippen LogP contribution is 2.19. The Morgan fingerprint density at radius 3 is 2.04 bits per heavy atom. The van der Waals surface area contributed by atoms with E-state index in [1.807, 2.05) is 27.7 Å². The molecule has 0 radical (unpaired) electrons. The van der Waals surface area contributed by atoms with Crippen LogP contribution in [0.5, 0.6) is 0 Å². The van der Waals surface area contributed by atoms with E-state index in [0.717, 1.165) is 32.2 Å². The summed E-state index contributed by atoms with van der Waals surface area (Å²) >= 11 is 0. The van der Waals surface area contributed by atoms with Crippen LogP contribution < -0.4 is 16.0 Å². The number of hydrogen-bond acceptors (Lipinski definition) is 4. The topological polar surface area (TPSA) is 95.1 Å². The van der Waals surface area contributed by atoms with Crippen molar-refractivity contribution in [2.75, 3.05) is 27.2 Å². The summed E-state index contributed by atoms with van der Waals surface area (Å²) in [6.45, 7) is 8.42. The Morgan fingerprint density at radius 1 is 1.07 bits per heavy atom. The summed E-state index contributed by atoms with van der Waals surface area (Å²) in [5.41, 5.74) is -0.482. The van der Waals surface area contributed by atoms with Crippen molar-refractivity contribution in [1.82, 2.24) is 20.9 Å². The lowest BCUT2D eigenvalue weighted by Crippen LogP contribution is -2.48. The molecule has 1 saturated carbocycles. The van der Waals surface area contributed by atoms with Gasteiger partial charge >= 0.3 is 6.09 Å². The van der Waals surface area contributed by atoms with E-state index in [-0.39, 0.29) is 54.6 Å². The number of ether oxygens (including phenoxy) is 1. The summed E-state index contributed by atoms with van der Waals surface area (Å²) in [6.07, 6.45) is 3.25. The third-order valence-electron chi connectivity index (χ3n) is 4.00. The zero-order chi connectivity index (χ0) is 19.7. The van der Waals surface area contributed by atoms with Crippen LogP contribution in [0.25, 0.3) is 0 Å². The minimum absolute atomic E-state index is 0. The first kappa shape index (κ1) is 25.7. The van der Waals surface area contributed by atoms with E-state index >= 15 is 0 Å². The number of nitrogens with one attached hydrogen (secondary N) is 3. The van der Waals surface area contributed by atoms with Crippen LogP contribution in [-0.2, 0) is 9.53 Å². The van der Waals surface area contributed by atoms with Gasteiger partial charge in [-0.05, 0) is 53.4 Å². The average molecular weight is 497 g/mol. The zero-order valence-corrected chi connectivity index (χ0v) is 19.8. The minimum Gasteiger partial charge on any atom is -0.444 e. The van der Waals surface area contributed by atoms with Crippen molar-refractivity contribution in [3.63, 3.8) is 0 Å². The lowest BCUT2D eigenvalue weighted by atomic mass is 9.91. The van der Waals surface area contributed by atoms with Gasteiger partial charge < -0.3 is 25.6 Å². The molecule has 8 nitrogen and oxygen atoms in total. The van der Waals surface area contributed by atoms with Gasteiger partial charge in [0.2, 0.25) is 5.91 Å². The Balaban J connectivity index is 0.00000676. The lowest BCUT2D eigenvalue weighted by Gasteiger charge is -2.31. The number of halogens is 1. The molecule has 1 aliphatic rings. The van der Waals surface area contributed by atoms with E-state index in [0.29, 0.717) is 5.96 Å². The van der Waals surface area contributed by atoms with Gasteiger partial charge in [-0.3, -0.25) is 4.79 Å². The Kier molecular flexibility index (Phi) is 11.7. The highest BCUT2D eigenvalue weighted by Gasteiger charge is 2.25. The number of likely N-dealkylation sites (N-methyl/N-ethyl adjacent to an activating group) is 1. The van der Waals surface area contributed by atoms with Crippen LogP contribution in [0.1, 0.15) is 53.4 Å². The molecule has 0 aromatic carbocycles. The molecule has 3 N–H and O–H groups in total. The number of alkyl carbamates (subject to hydrolysis) is 1. The maximum atomic E-state index is 11.9. The van der Waals surface area contributed by atoms with Crippen LogP contribution in [-0.4, -0.2) is 67.7 Å². The van der Waals surface area contributed by atoms with Crippen molar-refractivity contribution in [2.24, 2.45) is 4.99 Å². The molecule has 1 rings (SSSR count). The molecule has 1 fully saturated rings. The van der Waals surface area contributed by atoms with Gasteiger partial charge in [-0.2, -0.15) is 0 Å². The first-order valence-corrected chi connectivity index (χ1v) is 9.35. The van der Waals surface area contributed by atoms with Gasteiger partial charge in [0.1, 0.15) is 12.1 Å². The van der Waals surface area contributed by atoms with Crippen LogP contribution in [0.3, 0.4) is 0 Å². The van der Waals surface area contributed by atoms with E-state index < -0.39 is 5.60 Å². The summed E-state index contributed by atoms with van der Waals surface area (Å²) in [6, 6.07) is 0.414. The normalized spacial score (nSPS) is 20.1. The molecule has 2 amide bonds. The monoisotopic (exact) mass is 497 g/mol. The van der Waals surface area contributed by atoms with Gasteiger partial charge in [0.15, 0.2) is 5.96 Å². The van der Waals surface area contributed by atoms with Crippen LogP contribution in [0.4, 0.5) is 4.79 Å². The largest absolute Gasteiger partial charge is 0.444 e. The molecule has 0 bridgehead atoms. The van der Waals surface area contributed by atoms with Gasteiger partial charge in [-0.15, -0.1) is 24.0 Å². The molecule has 0 heterocycles. The Hall–Kier alpha value is -1.26. The molecule has 0 unspecified atom stereocenters. The van der Waals surface area contributed by atoms with Gasteiger partial charge in [0.25, 0.3) is 0 Å². The second kappa shape index (κ2) is 12.2. The first-order chi connectivity index (χ1) is 12.1. The van der Waals surface area contributed by atoms with Crippen molar-refractivity contribution in [1.29, 1.82) is 0 Å². The summed E-state index contributed by atoms with van der Waals surface area (Å²) in [4.78, 5) is 29.4. The van der Waals surface area contributed by atoms with Gasteiger partial charge in [-0.25, -0.2) is 9.79 Å². The number of hydrogen-bond donors (Lipinski definition) is 3. The summed E-state index contributed by atoms with van der Waals surface area (Å²) in [7, 11) is 3.44. The van der Waals surface area contributed by atoms with E-state index in [9.17, 15) is 9.59 Å². The summed E-state index contributed by atoms with van der Waals surface area (Å²) in [5, 5.41) is 9.50. The van der Waals surface area contributed by atoms with Crippen molar-refractivity contribution in [3.05, 3.63) is 0 Å². The molecule has 1 aliphatic carbocycles. The second-order valence-electron chi connectivity index (χ2n) is 7.82. The predicted octanol–water partition coefficient (Wildman–Crippen LogP) is 2.08. The van der Waals surface area contributed by atoms with Crippen LogP contribution >= 0.6 is 24.0 Å². The number of carbonyl (C=O) groups is 2. The fraction of sp³-hybridized carbons (Fsp3) is 0.833. The molecule has 9 heteroatoms. The lowest BCUT2D eigenvalue weighted by molar-refractivity contribution is -0.127. The van der Waals surface area contributed by atoms with Crippen molar-refractivity contribution in [3.8, 4) is 0 Å². The fourth-order valence-electron chi connectivity index (χ4n) is 2.66. The molecule has 0 atom stereocenters. The Bertz CT molecular complexity index is 498. The number of carbonyl (C=O) groups excluding carboxylic acids is 2. The fourth-order valence-corrected chi connectivity index (χ4v) is 2.66. The molecule has 0 spiro atoms. The highest BCUT2D eigenvalue weighted by molar-refractivity contribution is 14.0. The highest BCUT2D eigenvalue weighted by atomic mass is 127. The number of guanidine groups is 1. The van der Waals surface area contributed by atoms with E-state index in [1.54, 1.807) is 14.1 Å². The van der Waals surface area contributed by atoms with Crippen molar-refractivity contribution < 1.29 is 14.3 Å². The quantitative estimate of drug-likeness (QED) is 0.307. The van der Waals surface area contributed by atoms with Gasteiger partial charge in [0.05, 0.1) is 0 Å². The molecular formula is C18H36IN5O3. The average Bonchev–Trinajstić information content (AvgIpc) is 2.52. The number of nitrogens with zero attached hydrogens (tertiary/aromatic N) is 2. The van der Waals surface area contributed by atoms with Crippen LogP contribution in [0.15, 0.2) is 4.99 Å². The second-order valence-corrected chi connectivity index (χ2v) is 7.82. The van der Waals surface area contributed by atoms with Gasteiger partial charge in [0, 0.05) is 32.7 Å². The third-order valence-corrected chi connectivity index (χ3v) is 4.00. The standard InChI is InChI=1S/C18H35N5O3.HI/c1-7-19-16(20-12-15(24)23(5)6)21-13-8-10-14(11-9-13)22-17(25)26-18(2,3)4;/h13-14H,7-12H2,1-6H3,(H,22,25)(H2,19,20,21);1H. The predicted molar refractivity (Wildman–Crippen MR) is 119 cm³/mol. The Labute approximate surface area is 180 Å². The van der Waals surface area contributed by atoms with Crippen molar-refractivity contribution in [2.45, 2.75) is 71.1 Å². The van der Waals surface area contributed by atoms with Gasteiger partial charge in [-0.1, -0.05) is 0 Å². The van der Waals surface area contributed by atoms with E-state index in [1.165, 1.54) is 4.90 Å².